The van der Waals surface area contributed by atoms with Gasteiger partial charge in [-0.15, -0.1) is 10.2 Å². The Balaban J connectivity index is 1.36. The normalized spacial score (nSPS) is 17.9. The molecule has 0 atom stereocenters. The molecule has 0 amide bonds. The number of halogens is 1. The van der Waals surface area contributed by atoms with Crippen LogP contribution in [0.15, 0.2) is 48.5 Å². The van der Waals surface area contributed by atoms with Gasteiger partial charge in [0.2, 0.25) is 0 Å². The number of carbonyl (C=O) groups is 1. The van der Waals surface area contributed by atoms with Crippen LogP contribution in [0.2, 0.25) is 5.02 Å². The zero-order valence-corrected chi connectivity index (χ0v) is 19.2. The Morgan fingerprint density at radius 1 is 1.09 bits per heavy atom. The molecule has 1 aliphatic heterocycles. The van der Waals surface area contributed by atoms with Crippen LogP contribution >= 0.6 is 11.6 Å². The maximum Gasteiger partial charge on any atom is 0.302 e. The Morgan fingerprint density at radius 2 is 1.81 bits per heavy atom. The van der Waals surface area contributed by atoms with Gasteiger partial charge in [-0.25, -0.2) is 0 Å². The van der Waals surface area contributed by atoms with Crippen LogP contribution in [-0.4, -0.2) is 39.9 Å². The van der Waals surface area contributed by atoms with Gasteiger partial charge in [-0.3, -0.25) is 4.79 Å². The standard InChI is InChI=1S/C25H27ClN4O2/c1-17(31)32-20-10-14-30(15-11-20)19-8-9-21(22(26)16-19)23-27-28-24(29(23)2)25(12-13-25)18-6-4-3-5-7-18/h3-9,16,20H,10-15H2,1-2H3. The first kappa shape index (κ1) is 21.0. The maximum atomic E-state index is 11.2. The number of aromatic nitrogens is 3. The van der Waals surface area contributed by atoms with Crippen molar-refractivity contribution in [2.24, 2.45) is 7.05 Å². The Morgan fingerprint density at radius 3 is 2.44 bits per heavy atom. The Bertz CT molecular complexity index is 1130. The molecule has 2 fully saturated rings. The number of hydrogen-bond acceptors (Lipinski definition) is 5. The minimum absolute atomic E-state index is 0.00918. The third-order valence-electron chi connectivity index (χ3n) is 6.71. The molecule has 1 aliphatic carbocycles. The Labute approximate surface area is 193 Å². The van der Waals surface area contributed by atoms with Crippen molar-refractivity contribution >= 4 is 23.3 Å². The molecule has 0 N–H and O–H groups in total. The highest BCUT2D eigenvalue weighted by Gasteiger charge is 2.49. The average Bonchev–Trinajstić information content (AvgIpc) is 3.51. The van der Waals surface area contributed by atoms with Crippen LogP contribution in [0.5, 0.6) is 0 Å². The van der Waals surface area contributed by atoms with Gasteiger partial charge >= 0.3 is 5.97 Å². The van der Waals surface area contributed by atoms with Gasteiger partial charge in [-0.05, 0) is 36.6 Å². The summed E-state index contributed by atoms with van der Waals surface area (Å²) in [5.74, 6) is 1.57. The van der Waals surface area contributed by atoms with Crippen LogP contribution < -0.4 is 4.90 Å². The van der Waals surface area contributed by atoms with Gasteiger partial charge < -0.3 is 14.2 Å². The third-order valence-corrected chi connectivity index (χ3v) is 7.03. The second-order valence-electron chi connectivity index (χ2n) is 8.81. The number of anilines is 1. The minimum atomic E-state index is -0.209. The summed E-state index contributed by atoms with van der Waals surface area (Å²) in [7, 11) is 2.03. The topological polar surface area (TPSA) is 60.2 Å². The van der Waals surface area contributed by atoms with E-state index in [9.17, 15) is 4.79 Å². The van der Waals surface area contributed by atoms with Crippen molar-refractivity contribution in [3.8, 4) is 11.4 Å². The lowest BCUT2D eigenvalue weighted by atomic mass is 9.95. The van der Waals surface area contributed by atoms with E-state index in [2.05, 4.69) is 50.0 Å². The summed E-state index contributed by atoms with van der Waals surface area (Å²) < 4.78 is 7.44. The number of hydrogen-bond donors (Lipinski definition) is 0. The van der Waals surface area contributed by atoms with Crippen molar-refractivity contribution in [3.05, 3.63) is 64.9 Å². The van der Waals surface area contributed by atoms with E-state index in [1.165, 1.54) is 12.5 Å². The van der Waals surface area contributed by atoms with Crippen LogP contribution in [0.25, 0.3) is 11.4 Å². The molecule has 1 aromatic heterocycles. The quantitative estimate of drug-likeness (QED) is 0.525. The van der Waals surface area contributed by atoms with E-state index >= 15 is 0 Å². The fourth-order valence-electron chi connectivity index (χ4n) is 4.85. The number of ether oxygens (including phenoxy) is 1. The molecule has 2 aromatic carbocycles. The molecule has 0 spiro atoms. The van der Waals surface area contributed by atoms with Gasteiger partial charge in [0.05, 0.1) is 10.4 Å². The van der Waals surface area contributed by atoms with Crippen LogP contribution in [0.3, 0.4) is 0 Å². The zero-order valence-electron chi connectivity index (χ0n) is 18.4. The molecule has 2 aliphatic rings. The number of rotatable bonds is 5. The fourth-order valence-corrected chi connectivity index (χ4v) is 5.11. The molecular formula is C25H27ClN4O2. The number of carbonyl (C=O) groups excluding carboxylic acids is 1. The van der Waals surface area contributed by atoms with E-state index in [0.717, 1.165) is 61.7 Å². The van der Waals surface area contributed by atoms with E-state index in [0.29, 0.717) is 5.02 Å². The van der Waals surface area contributed by atoms with Crippen molar-refractivity contribution in [1.29, 1.82) is 0 Å². The monoisotopic (exact) mass is 450 g/mol. The van der Waals surface area contributed by atoms with E-state index in [-0.39, 0.29) is 17.5 Å². The maximum absolute atomic E-state index is 11.2. The van der Waals surface area contributed by atoms with Gasteiger partial charge in [0.25, 0.3) is 0 Å². The fraction of sp³-hybridized carbons (Fsp3) is 0.400. The van der Waals surface area contributed by atoms with Crippen molar-refractivity contribution < 1.29 is 9.53 Å². The predicted octanol–water partition coefficient (Wildman–Crippen LogP) is 4.75. The van der Waals surface area contributed by atoms with E-state index < -0.39 is 0 Å². The highest BCUT2D eigenvalue weighted by atomic mass is 35.5. The summed E-state index contributed by atoms with van der Waals surface area (Å²) in [6.45, 7) is 3.14. The van der Waals surface area contributed by atoms with Crippen molar-refractivity contribution in [2.75, 3.05) is 18.0 Å². The molecule has 166 valence electrons. The predicted molar refractivity (Wildman–Crippen MR) is 125 cm³/mol. The summed E-state index contributed by atoms with van der Waals surface area (Å²) in [5, 5.41) is 9.78. The van der Waals surface area contributed by atoms with Gasteiger partial charge in [-0.2, -0.15) is 0 Å². The van der Waals surface area contributed by atoms with Gasteiger partial charge in [-0.1, -0.05) is 41.9 Å². The second-order valence-corrected chi connectivity index (χ2v) is 9.22. The van der Waals surface area contributed by atoms with Gasteiger partial charge in [0.1, 0.15) is 11.9 Å². The molecule has 32 heavy (non-hydrogen) atoms. The summed E-state index contributed by atoms with van der Waals surface area (Å²) >= 11 is 6.73. The Hall–Kier alpha value is -2.86. The lowest BCUT2D eigenvalue weighted by Gasteiger charge is -2.33. The molecule has 0 bridgehead atoms. The number of esters is 1. The number of nitrogens with zero attached hydrogens (tertiary/aromatic N) is 4. The molecule has 7 heteroatoms. The highest BCUT2D eigenvalue weighted by molar-refractivity contribution is 6.33. The van der Waals surface area contributed by atoms with Crippen LogP contribution in [-0.2, 0) is 22.0 Å². The molecule has 1 saturated heterocycles. The Kier molecular flexibility index (Phi) is 5.41. The van der Waals surface area contributed by atoms with Crippen LogP contribution in [0, 0.1) is 0 Å². The third kappa shape index (κ3) is 3.77. The molecule has 3 aromatic rings. The molecular weight excluding hydrogens is 424 g/mol. The minimum Gasteiger partial charge on any atom is -0.462 e. The van der Waals surface area contributed by atoms with E-state index in [4.69, 9.17) is 16.3 Å². The second kappa shape index (κ2) is 8.24. The van der Waals surface area contributed by atoms with E-state index in [1.807, 2.05) is 25.2 Å². The van der Waals surface area contributed by atoms with Crippen molar-refractivity contribution in [1.82, 2.24) is 14.8 Å². The first-order chi connectivity index (χ1) is 15.5. The SMILES string of the molecule is CC(=O)OC1CCN(c2ccc(-c3nnc(C4(c5ccccc5)CC4)n3C)c(Cl)c2)CC1. The number of benzene rings is 2. The van der Waals surface area contributed by atoms with Gasteiger partial charge in [0, 0.05) is 51.2 Å². The summed E-state index contributed by atoms with van der Waals surface area (Å²) in [6, 6.07) is 16.7. The summed E-state index contributed by atoms with van der Waals surface area (Å²) in [5.41, 5.74) is 3.21. The van der Waals surface area contributed by atoms with E-state index in [1.54, 1.807) is 0 Å². The molecule has 2 heterocycles. The van der Waals surface area contributed by atoms with Crippen LogP contribution in [0.1, 0.15) is 44.0 Å². The smallest absolute Gasteiger partial charge is 0.302 e. The van der Waals surface area contributed by atoms with Crippen LogP contribution in [0.4, 0.5) is 5.69 Å². The largest absolute Gasteiger partial charge is 0.462 e. The first-order valence-electron chi connectivity index (χ1n) is 11.2. The lowest BCUT2D eigenvalue weighted by molar-refractivity contribution is -0.147. The van der Waals surface area contributed by atoms with Crippen molar-refractivity contribution in [3.63, 3.8) is 0 Å². The molecule has 5 rings (SSSR count). The lowest BCUT2D eigenvalue weighted by Crippen LogP contribution is -2.37. The summed E-state index contributed by atoms with van der Waals surface area (Å²) in [4.78, 5) is 13.5. The van der Waals surface area contributed by atoms with Crippen molar-refractivity contribution in [2.45, 2.75) is 44.1 Å². The zero-order chi connectivity index (χ0) is 22.3. The molecule has 0 unspecified atom stereocenters. The first-order valence-corrected chi connectivity index (χ1v) is 11.5. The van der Waals surface area contributed by atoms with Gasteiger partial charge in [0.15, 0.2) is 5.82 Å². The molecule has 0 radical (unpaired) electrons. The molecule has 1 saturated carbocycles. The number of piperidine rings is 1. The summed E-state index contributed by atoms with van der Waals surface area (Å²) in [6.07, 6.45) is 3.83. The molecule has 6 nitrogen and oxygen atoms in total. The average molecular weight is 451 g/mol. The highest BCUT2D eigenvalue weighted by Crippen LogP contribution is 2.53.